The fourth-order valence-electron chi connectivity index (χ4n) is 2.72. The first-order chi connectivity index (χ1) is 9.79. The normalized spacial score (nSPS) is 26.2. The number of nitrogens with one attached hydrogen (secondary N) is 1. The number of halogens is 3. The molecule has 1 aliphatic rings. The van der Waals surface area contributed by atoms with Crippen LogP contribution in [0.3, 0.4) is 0 Å². The predicted molar refractivity (Wildman–Crippen MR) is 72.8 cm³/mol. The number of nitriles is 1. The molecule has 0 bridgehead atoms. The van der Waals surface area contributed by atoms with Crippen LogP contribution in [0.1, 0.15) is 37.8 Å². The van der Waals surface area contributed by atoms with Gasteiger partial charge in [0.1, 0.15) is 0 Å². The molecule has 2 rings (SSSR count). The molecule has 6 heteroatoms. The van der Waals surface area contributed by atoms with Gasteiger partial charge in [0.05, 0.1) is 29.4 Å². The quantitative estimate of drug-likeness (QED) is 0.899. The van der Waals surface area contributed by atoms with E-state index in [0.29, 0.717) is 12.8 Å². The number of benzene rings is 1. The number of anilines is 1. The van der Waals surface area contributed by atoms with Gasteiger partial charge in [-0.25, -0.2) is 0 Å². The van der Waals surface area contributed by atoms with Crippen molar-refractivity contribution in [2.75, 3.05) is 5.32 Å². The van der Waals surface area contributed by atoms with Crippen LogP contribution in [0.15, 0.2) is 18.2 Å². The Kier molecular flexibility index (Phi) is 4.43. The van der Waals surface area contributed by atoms with Crippen LogP contribution in [-0.4, -0.2) is 18.2 Å². The van der Waals surface area contributed by atoms with Crippen LogP contribution in [0, 0.1) is 11.3 Å². The summed E-state index contributed by atoms with van der Waals surface area (Å²) < 4.78 is 44.9. The van der Waals surface area contributed by atoms with Crippen molar-refractivity contribution in [3.05, 3.63) is 29.3 Å². The van der Waals surface area contributed by atoms with Crippen molar-refractivity contribution in [1.82, 2.24) is 0 Å². The minimum absolute atomic E-state index is 0.00147. The van der Waals surface area contributed by atoms with E-state index in [9.17, 15) is 13.2 Å². The highest BCUT2D eigenvalue weighted by Crippen LogP contribution is 2.36. The van der Waals surface area contributed by atoms with E-state index < -0.39 is 11.7 Å². The van der Waals surface area contributed by atoms with E-state index in [0.717, 1.165) is 6.07 Å². The third-order valence-corrected chi connectivity index (χ3v) is 3.51. The second-order valence-electron chi connectivity index (χ2n) is 5.44. The molecule has 114 valence electrons. The largest absolute Gasteiger partial charge is 0.418 e. The van der Waals surface area contributed by atoms with E-state index in [2.05, 4.69) is 5.32 Å². The van der Waals surface area contributed by atoms with Crippen molar-refractivity contribution in [1.29, 1.82) is 5.26 Å². The van der Waals surface area contributed by atoms with Gasteiger partial charge in [-0.15, -0.1) is 0 Å². The molecule has 0 aliphatic carbocycles. The number of alkyl halides is 3. The molecule has 1 heterocycles. The van der Waals surface area contributed by atoms with Gasteiger partial charge in [-0.05, 0) is 44.9 Å². The average Bonchev–Trinajstić information content (AvgIpc) is 2.36. The molecule has 0 saturated carbocycles. The molecule has 1 saturated heterocycles. The number of nitrogens with zero attached hydrogens (tertiary/aromatic N) is 1. The molecule has 21 heavy (non-hydrogen) atoms. The lowest BCUT2D eigenvalue weighted by Gasteiger charge is -2.33. The maximum atomic E-state index is 13.1. The summed E-state index contributed by atoms with van der Waals surface area (Å²) in [6.45, 7) is 3.82. The highest BCUT2D eigenvalue weighted by atomic mass is 19.4. The minimum atomic E-state index is -4.49. The van der Waals surface area contributed by atoms with Crippen LogP contribution >= 0.6 is 0 Å². The number of hydrogen-bond acceptors (Lipinski definition) is 3. The first kappa shape index (κ1) is 15.6. The number of hydrogen-bond donors (Lipinski definition) is 1. The van der Waals surface area contributed by atoms with Crippen molar-refractivity contribution < 1.29 is 17.9 Å². The fourth-order valence-corrected chi connectivity index (χ4v) is 2.72. The van der Waals surface area contributed by atoms with Crippen LogP contribution in [0.5, 0.6) is 0 Å². The Morgan fingerprint density at radius 2 is 1.86 bits per heavy atom. The highest BCUT2D eigenvalue weighted by molar-refractivity contribution is 5.56. The molecule has 2 atom stereocenters. The zero-order valence-electron chi connectivity index (χ0n) is 11.9. The maximum Gasteiger partial charge on any atom is 0.418 e. The molecule has 3 nitrogen and oxygen atoms in total. The van der Waals surface area contributed by atoms with Crippen molar-refractivity contribution in [3.63, 3.8) is 0 Å². The molecular weight excluding hydrogens is 281 g/mol. The number of ether oxygens (including phenoxy) is 1. The lowest BCUT2D eigenvalue weighted by Crippen LogP contribution is -2.37. The Morgan fingerprint density at radius 3 is 2.38 bits per heavy atom. The lowest BCUT2D eigenvalue weighted by atomic mass is 9.98. The van der Waals surface area contributed by atoms with Gasteiger partial charge in [0, 0.05) is 11.7 Å². The zero-order valence-corrected chi connectivity index (χ0v) is 11.9. The topological polar surface area (TPSA) is 45.0 Å². The molecule has 0 spiro atoms. The summed E-state index contributed by atoms with van der Waals surface area (Å²) in [5, 5.41) is 11.7. The highest BCUT2D eigenvalue weighted by Gasteiger charge is 2.35. The molecule has 2 unspecified atom stereocenters. The molecule has 1 fully saturated rings. The van der Waals surface area contributed by atoms with Gasteiger partial charge >= 0.3 is 6.18 Å². The van der Waals surface area contributed by atoms with Crippen LogP contribution in [0.25, 0.3) is 0 Å². The molecule has 1 aromatic rings. The van der Waals surface area contributed by atoms with E-state index in [-0.39, 0.29) is 29.5 Å². The van der Waals surface area contributed by atoms with Crippen molar-refractivity contribution in [2.45, 2.75) is 51.1 Å². The molecule has 0 radical (unpaired) electrons. The molecular formula is C15H17F3N2O. The van der Waals surface area contributed by atoms with E-state index in [1.807, 2.05) is 13.8 Å². The summed E-state index contributed by atoms with van der Waals surface area (Å²) in [4.78, 5) is 0. The smallest absolute Gasteiger partial charge is 0.382 e. The minimum Gasteiger partial charge on any atom is -0.382 e. The summed E-state index contributed by atoms with van der Waals surface area (Å²) in [5.74, 6) is 0. The fraction of sp³-hybridized carbons (Fsp3) is 0.533. The van der Waals surface area contributed by atoms with Crippen molar-refractivity contribution in [3.8, 4) is 6.07 Å². The van der Waals surface area contributed by atoms with E-state index in [4.69, 9.17) is 10.00 Å². The molecule has 1 aliphatic heterocycles. The van der Waals surface area contributed by atoms with Crippen LogP contribution in [0.4, 0.5) is 18.9 Å². The second-order valence-corrected chi connectivity index (χ2v) is 5.44. The first-order valence-corrected chi connectivity index (χ1v) is 6.83. The van der Waals surface area contributed by atoms with Gasteiger partial charge in [-0.1, -0.05) is 0 Å². The van der Waals surface area contributed by atoms with Gasteiger partial charge in [-0.2, -0.15) is 18.4 Å². The van der Waals surface area contributed by atoms with Crippen LogP contribution in [0.2, 0.25) is 0 Å². The van der Waals surface area contributed by atoms with E-state index >= 15 is 0 Å². The van der Waals surface area contributed by atoms with Crippen LogP contribution < -0.4 is 5.32 Å². The van der Waals surface area contributed by atoms with Crippen LogP contribution in [-0.2, 0) is 10.9 Å². The first-order valence-electron chi connectivity index (χ1n) is 6.83. The van der Waals surface area contributed by atoms with E-state index in [1.54, 1.807) is 6.07 Å². The van der Waals surface area contributed by atoms with Gasteiger partial charge in [0.15, 0.2) is 0 Å². The van der Waals surface area contributed by atoms with Gasteiger partial charge in [0.25, 0.3) is 0 Å². The predicted octanol–water partition coefficient (Wildman–Crippen LogP) is 3.94. The standard InChI is InChI=1S/C15H17F3N2O/c1-9-5-12(6-10(2)21-9)20-14-4-3-11(8-19)7-13(14)15(16,17)18/h3-4,7,9-10,12,20H,5-6H2,1-2H3. The Morgan fingerprint density at radius 1 is 1.24 bits per heavy atom. The average molecular weight is 298 g/mol. The Hall–Kier alpha value is -1.74. The summed E-state index contributed by atoms with van der Waals surface area (Å²) in [6, 6.07) is 5.27. The molecule has 0 aromatic heterocycles. The van der Waals surface area contributed by atoms with Gasteiger partial charge in [0.2, 0.25) is 0 Å². The Balaban J connectivity index is 2.25. The Bertz CT molecular complexity index is 541. The lowest BCUT2D eigenvalue weighted by molar-refractivity contribution is -0.137. The van der Waals surface area contributed by atoms with Gasteiger partial charge < -0.3 is 10.1 Å². The van der Waals surface area contributed by atoms with E-state index in [1.165, 1.54) is 12.1 Å². The third kappa shape index (κ3) is 3.88. The maximum absolute atomic E-state index is 13.1. The SMILES string of the molecule is CC1CC(Nc2ccc(C#N)cc2C(F)(F)F)CC(C)O1. The summed E-state index contributed by atoms with van der Waals surface area (Å²) in [5.41, 5.74) is -0.775. The molecule has 1 N–H and O–H groups in total. The zero-order chi connectivity index (χ0) is 15.6. The summed E-state index contributed by atoms with van der Waals surface area (Å²) >= 11 is 0. The monoisotopic (exact) mass is 298 g/mol. The third-order valence-electron chi connectivity index (χ3n) is 3.51. The van der Waals surface area contributed by atoms with Crippen molar-refractivity contribution in [2.24, 2.45) is 0 Å². The number of rotatable bonds is 2. The second kappa shape index (κ2) is 5.94. The molecule has 0 amide bonds. The Labute approximate surface area is 121 Å². The summed E-state index contributed by atoms with van der Waals surface area (Å²) in [6.07, 6.45) is -3.15. The van der Waals surface area contributed by atoms with Gasteiger partial charge in [-0.3, -0.25) is 0 Å². The molecule has 1 aromatic carbocycles. The van der Waals surface area contributed by atoms with Crippen molar-refractivity contribution >= 4 is 5.69 Å². The summed E-state index contributed by atoms with van der Waals surface area (Å²) in [7, 11) is 0.